The molecule has 0 aliphatic rings. The minimum atomic E-state index is -0.524. The molecule has 0 bridgehead atoms. The van der Waals surface area contributed by atoms with Crippen molar-refractivity contribution in [1.82, 2.24) is 0 Å². The first kappa shape index (κ1) is 26.2. The molecule has 3 rings (SSSR count). The Bertz CT molecular complexity index is 1210. The third-order valence-corrected chi connectivity index (χ3v) is 5.15. The molecule has 3 aromatic rings. The highest BCUT2D eigenvalue weighted by Gasteiger charge is 2.14. The third-order valence-electron chi connectivity index (χ3n) is 5.15. The Kier molecular flexibility index (Phi) is 9.40. The predicted octanol–water partition coefficient (Wildman–Crippen LogP) is 5.63. The van der Waals surface area contributed by atoms with Gasteiger partial charge in [-0.1, -0.05) is 24.3 Å². The van der Waals surface area contributed by atoms with Gasteiger partial charge in [0.25, 0.3) is 0 Å². The Labute approximate surface area is 210 Å². The minimum Gasteiger partial charge on any atom is -0.494 e. The van der Waals surface area contributed by atoms with Gasteiger partial charge in [-0.15, -0.1) is 0 Å². The molecule has 0 aliphatic heterocycles. The minimum absolute atomic E-state index is 0.313. The topological polar surface area (TPSA) is 88.1 Å². The van der Waals surface area contributed by atoms with Gasteiger partial charge in [-0.25, -0.2) is 14.4 Å². The first-order valence-electron chi connectivity index (χ1n) is 11.5. The standard InChI is InChI=1S/C29H28O7/c1-4-27(30)34-18-6-5-17-33-24-14-9-22(10-15-24)28(31)36-26-16-11-23(19-21(26)3)29(32)35-25-12-7-20(2)8-13-25/h4,7-16,19H,1,5-6,17-18H2,2-3H3. The molecule has 0 atom stereocenters. The van der Waals surface area contributed by atoms with E-state index >= 15 is 0 Å². The number of benzene rings is 3. The number of ether oxygens (including phenoxy) is 4. The molecule has 0 heterocycles. The van der Waals surface area contributed by atoms with E-state index < -0.39 is 17.9 Å². The Morgan fingerprint density at radius 2 is 1.36 bits per heavy atom. The lowest BCUT2D eigenvalue weighted by molar-refractivity contribution is -0.137. The largest absolute Gasteiger partial charge is 0.494 e. The Morgan fingerprint density at radius 1 is 0.750 bits per heavy atom. The number of hydrogen-bond acceptors (Lipinski definition) is 7. The molecule has 7 nitrogen and oxygen atoms in total. The van der Waals surface area contributed by atoms with Crippen LogP contribution in [0.4, 0.5) is 0 Å². The summed E-state index contributed by atoms with van der Waals surface area (Å²) < 4.78 is 21.4. The fourth-order valence-electron chi connectivity index (χ4n) is 3.14. The number of carbonyl (C=O) groups is 3. The summed E-state index contributed by atoms with van der Waals surface area (Å²) in [6, 6.07) is 18.5. The van der Waals surface area contributed by atoms with E-state index in [4.69, 9.17) is 18.9 Å². The van der Waals surface area contributed by atoms with E-state index in [2.05, 4.69) is 6.58 Å². The summed E-state index contributed by atoms with van der Waals surface area (Å²) in [6.45, 7) is 7.81. The lowest BCUT2D eigenvalue weighted by Crippen LogP contribution is -2.11. The van der Waals surface area contributed by atoms with E-state index in [9.17, 15) is 14.4 Å². The van der Waals surface area contributed by atoms with Gasteiger partial charge >= 0.3 is 17.9 Å². The second-order valence-corrected chi connectivity index (χ2v) is 8.02. The summed E-state index contributed by atoms with van der Waals surface area (Å²) in [5, 5.41) is 0. The molecule has 0 radical (unpaired) electrons. The van der Waals surface area contributed by atoms with Gasteiger partial charge in [-0.05, 0) is 86.8 Å². The van der Waals surface area contributed by atoms with Crippen molar-refractivity contribution in [3.8, 4) is 17.2 Å². The molecular formula is C29H28O7. The average Bonchev–Trinajstić information content (AvgIpc) is 2.88. The van der Waals surface area contributed by atoms with Crippen LogP contribution in [-0.2, 0) is 9.53 Å². The van der Waals surface area contributed by atoms with Crippen LogP contribution in [0.2, 0.25) is 0 Å². The lowest BCUT2D eigenvalue weighted by Gasteiger charge is -2.10. The maximum atomic E-state index is 12.6. The van der Waals surface area contributed by atoms with Gasteiger partial charge in [0.15, 0.2) is 0 Å². The van der Waals surface area contributed by atoms with Crippen LogP contribution in [0.1, 0.15) is 44.7 Å². The van der Waals surface area contributed by atoms with Crippen LogP contribution in [-0.4, -0.2) is 31.1 Å². The summed E-state index contributed by atoms with van der Waals surface area (Å²) in [5.74, 6) is -0.0335. The Hall–Kier alpha value is -4.39. The van der Waals surface area contributed by atoms with Crippen molar-refractivity contribution in [3.63, 3.8) is 0 Å². The van der Waals surface area contributed by atoms with Crippen molar-refractivity contribution in [2.45, 2.75) is 26.7 Å². The zero-order chi connectivity index (χ0) is 25.9. The van der Waals surface area contributed by atoms with Gasteiger partial charge in [0, 0.05) is 6.08 Å². The maximum absolute atomic E-state index is 12.6. The molecule has 0 saturated carbocycles. The normalized spacial score (nSPS) is 10.3. The van der Waals surface area contributed by atoms with Crippen molar-refractivity contribution in [3.05, 3.63) is 102 Å². The zero-order valence-corrected chi connectivity index (χ0v) is 20.3. The molecule has 0 aromatic heterocycles. The summed E-state index contributed by atoms with van der Waals surface area (Å²) in [5.41, 5.74) is 2.41. The maximum Gasteiger partial charge on any atom is 0.343 e. The smallest absolute Gasteiger partial charge is 0.343 e. The molecule has 186 valence electrons. The predicted molar refractivity (Wildman–Crippen MR) is 135 cm³/mol. The highest BCUT2D eigenvalue weighted by Crippen LogP contribution is 2.23. The molecule has 0 unspecified atom stereocenters. The monoisotopic (exact) mass is 488 g/mol. The first-order chi connectivity index (χ1) is 17.4. The highest BCUT2D eigenvalue weighted by atomic mass is 16.5. The van der Waals surface area contributed by atoms with Gasteiger partial charge in [-0.2, -0.15) is 0 Å². The van der Waals surface area contributed by atoms with Crippen LogP contribution in [0.25, 0.3) is 0 Å². The fraction of sp³-hybridized carbons (Fsp3) is 0.207. The SMILES string of the molecule is C=CC(=O)OCCCCOc1ccc(C(=O)Oc2ccc(C(=O)Oc3ccc(C)cc3)cc2C)cc1. The fourth-order valence-corrected chi connectivity index (χ4v) is 3.14. The van der Waals surface area contributed by atoms with Crippen LogP contribution in [0, 0.1) is 13.8 Å². The molecule has 0 saturated heterocycles. The van der Waals surface area contributed by atoms with Crippen molar-refractivity contribution < 1.29 is 33.3 Å². The van der Waals surface area contributed by atoms with E-state index in [0.29, 0.717) is 60.0 Å². The first-order valence-corrected chi connectivity index (χ1v) is 11.5. The molecule has 36 heavy (non-hydrogen) atoms. The Balaban J connectivity index is 1.49. The van der Waals surface area contributed by atoms with Gasteiger partial charge < -0.3 is 18.9 Å². The van der Waals surface area contributed by atoms with Crippen LogP contribution in [0.3, 0.4) is 0 Å². The van der Waals surface area contributed by atoms with Crippen LogP contribution in [0.5, 0.6) is 17.2 Å². The molecule has 7 heteroatoms. The Morgan fingerprint density at radius 3 is 2.03 bits per heavy atom. The number of hydrogen-bond donors (Lipinski definition) is 0. The second kappa shape index (κ2) is 12.9. The third kappa shape index (κ3) is 7.84. The van der Waals surface area contributed by atoms with Crippen LogP contribution < -0.4 is 14.2 Å². The van der Waals surface area contributed by atoms with E-state index in [1.165, 1.54) is 0 Å². The number of unbranched alkanes of at least 4 members (excludes halogenated alkanes) is 1. The van der Waals surface area contributed by atoms with Crippen molar-refractivity contribution in [2.24, 2.45) is 0 Å². The molecule has 0 fully saturated rings. The number of esters is 3. The summed E-state index contributed by atoms with van der Waals surface area (Å²) in [4.78, 5) is 36.0. The van der Waals surface area contributed by atoms with Crippen LogP contribution >= 0.6 is 0 Å². The van der Waals surface area contributed by atoms with Crippen LogP contribution in [0.15, 0.2) is 79.4 Å². The van der Waals surface area contributed by atoms with Gasteiger partial charge in [-0.3, -0.25) is 0 Å². The summed E-state index contributed by atoms with van der Waals surface area (Å²) >= 11 is 0. The lowest BCUT2D eigenvalue weighted by atomic mass is 10.1. The van der Waals surface area contributed by atoms with Crippen molar-refractivity contribution in [2.75, 3.05) is 13.2 Å². The zero-order valence-electron chi connectivity index (χ0n) is 20.3. The summed E-state index contributed by atoms with van der Waals surface area (Å²) in [6.07, 6.45) is 2.51. The van der Waals surface area contributed by atoms with Gasteiger partial charge in [0.05, 0.1) is 24.3 Å². The molecule has 3 aromatic carbocycles. The second-order valence-electron chi connectivity index (χ2n) is 8.02. The van der Waals surface area contributed by atoms with E-state index in [1.807, 2.05) is 19.1 Å². The molecule has 0 spiro atoms. The van der Waals surface area contributed by atoms with Gasteiger partial charge in [0.1, 0.15) is 17.2 Å². The highest BCUT2D eigenvalue weighted by molar-refractivity contribution is 5.93. The van der Waals surface area contributed by atoms with E-state index in [-0.39, 0.29) is 0 Å². The number of carbonyl (C=O) groups excluding carboxylic acids is 3. The molecular weight excluding hydrogens is 460 g/mol. The average molecular weight is 489 g/mol. The quantitative estimate of drug-likeness (QED) is 0.150. The van der Waals surface area contributed by atoms with Crippen molar-refractivity contribution in [1.29, 1.82) is 0 Å². The number of aryl methyl sites for hydroxylation is 2. The number of rotatable bonds is 11. The molecule has 0 amide bonds. The van der Waals surface area contributed by atoms with Gasteiger partial charge in [0.2, 0.25) is 0 Å². The molecule has 0 N–H and O–H groups in total. The summed E-state index contributed by atoms with van der Waals surface area (Å²) in [7, 11) is 0. The van der Waals surface area contributed by atoms with E-state index in [1.54, 1.807) is 61.5 Å². The van der Waals surface area contributed by atoms with Crippen molar-refractivity contribution >= 4 is 17.9 Å². The van der Waals surface area contributed by atoms with E-state index in [0.717, 1.165) is 11.6 Å². The molecule has 0 aliphatic carbocycles.